The summed E-state index contributed by atoms with van der Waals surface area (Å²) in [5.74, 6) is 0.138. The maximum absolute atomic E-state index is 12.4. The Kier molecular flexibility index (Phi) is 4.93. The molecule has 1 aliphatic heterocycles. The van der Waals surface area contributed by atoms with E-state index in [-0.39, 0.29) is 11.9 Å². The Morgan fingerprint density at radius 2 is 2.26 bits per heavy atom. The number of ether oxygens (including phenoxy) is 1. The third-order valence-electron chi connectivity index (χ3n) is 3.40. The molecule has 1 aliphatic rings. The van der Waals surface area contributed by atoms with Crippen LogP contribution in [0.1, 0.15) is 25.6 Å². The number of nitrogens with zero attached hydrogens (tertiary/aromatic N) is 3. The Labute approximate surface area is 113 Å². The van der Waals surface area contributed by atoms with Crippen molar-refractivity contribution in [2.24, 2.45) is 0 Å². The molecule has 1 unspecified atom stereocenters. The van der Waals surface area contributed by atoms with Gasteiger partial charge in [0.25, 0.3) is 0 Å². The first-order valence-corrected chi connectivity index (χ1v) is 6.82. The van der Waals surface area contributed by atoms with Crippen LogP contribution in [0.4, 0.5) is 0 Å². The van der Waals surface area contributed by atoms with Crippen LogP contribution in [0.25, 0.3) is 0 Å². The van der Waals surface area contributed by atoms with Gasteiger partial charge in [0, 0.05) is 25.8 Å². The molecular weight excluding hydrogens is 244 g/mol. The lowest BCUT2D eigenvalue weighted by atomic mass is 10.2. The van der Waals surface area contributed by atoms with Gasteiger partial charge in [-0.05, 0) is 13.5 Å². The number of aromatic nitrogens is 2. The molecular formula is C13H22N4O2. The molecule has 0 radical (unpaired) electrons. The number of amides is 1. The van der Waals surface area contributed by atoms with Crippen molar-refractivity contribution in [1.29, 1.82) is 0 Å². The number of imidazole rings is 1. The lowest BCUT2D eigenvalue weighted by Crippen LogP contribution is -2.43. The van der Waals surface area contributed by atoms with Crippen molar-refractivity contribution in [2.45, 2.75) is 26.4 Å². The number of hydrogen-bond donors (Lipinski definition) is 1. The maximum Gasteiger partial charge on any atom is 0.245 e. The molecule has 19 heavy (non-hydrogen) atoms. The van der Waals surface area contributed by atoms with Gasteiger partial charge < -0.3 is 19.5 Å². The fourth-order valence-corrected chi connectivity index (χ4v) is 2.24. The minimum Gasteiger partial charge on any atom is -0.378 e. The van der Waals surface area contributed by atoms with Crippen molar-refractivity contribution in [3.63, 3.8) is 0 Å². The van der Waals surface area contributed by atoms with E-state index >= 15 is 0 Å². The van der Waals surface area contributed by atoms with Crippen LogP contribution in [0.5, 0.6) is 0 Å². The number of morpholine rings is 1. The minimum absolute atomic E-state index is 0.138. The van der Waals surface area contributed by atoms with Gasteiger partial charge in [-0.1, -0.05) is 6.92 Å². The normalized spacial score (nSPS) is 17.5. The van der Waals surface area contributed by atoms with E-state index in [1.807, 2.05) is 22.6 Å². The van der Waals surface area contributed by atoms with Crippen LogP contribution in [0.3, 0.4) is 0 Å². The van der Waals surface area contributed by atoms with Crippen molar-refractivity contribution in [2.75, 3.05) is 32.8 Å². The Morgan fingerprint density at radius 3 is 2.95 bits per heavy atom. The minimum atomic E-state index is -0.214. The average molecular weight is 266 g/mol. The molecule has 0 bridgehead atoms. The molecule has 2 heterocycles. The summed E-state index contributed by atoms with van der Waals surface area (Å²) in [6.07, 6.45) is 3.54. The summed E-state index contributed by atoms with van der Waals surface area (Å²) in [4.78, 5) is 18.4. The number of carbonyl (C=O) groups excluding carboxylic acids is 1. The monoisotopic (exact) mass is 266 g/mol. The zero-order valence-corrected chi connectivity index (χ0v) is 11.6. The molecule has 1 atom stereocenters. The predicted octanol–water partition coefficient (Wildman–Crippen LogP) is 0.412. The third kappa shape index (κ3) is 3.33. The van der Waals surface area contributed by atoms with Crippen LogP contribution in [0.2, 0.25) is 0 Å². The summed E-state index contributed by atoms with van der Waals surface area (Å²) in [6.45, 7) is 8.24. The van der Waals surface area contributed by atoms with E-state index in [2.05, 4.69) is 17.2 Å². The van der Waals surface area contributed by atoms with E-state index < -0.39 is 0 Å². The fraction of sp³-hybridized carbons (Fsp3) is 0.692. The highest BCUT2D eigenvalue weighted by Crippen LogP contribution is 2.14. The summed E-state index contributed by atoms with van der Waals surface area (Å²) >= 11 is 0. The third-order valence-corrected chi connectivity index (χ3v) is 3.40. The van der Waals surface area contributed by atoms with Gasteiger partial charge >= 0.3 is 0 Å². The molecule has 6 nitrogen and oxygen atoms in total. The summed E-state index contributed by atoms with van der Waals surface area (Å²) in [5, 5.41) is 3.26. The molecule has 6 heteroatoms. The zero-order valence-electron chi connectivity index (χ0n) is 11.6. The first-order valence-electron chi connectivity index (χ1n) is 6.82. The highest BCUT2D eigenvalue weighted by Gasteiger charge is 2.24. The second kappa shape index (κ2) is 6.68. The van der Waals surface area contributed by atoms with Crippen LogP contribution >= 0.6 is 0 Å². The number of hydrogen-bond acceptors (Lipinski definition) is 4. The topological polar surface area (TPSA) is 59.4 Å². The second-order valence-corrected chi connectivity index (χ2v) is 4.69. The van der Waals surface area contributed by atoms with Crippen LogP contribution in [-0.4, -0.2) is 53.2 Å². The molecule has 0 spiro atoms. The van der Waals surface area contributed by atoms with Gasteiger partial charge in [0.15, 0.2) is 0 Å². The van der Waals surface area contributed by atoms with Gasteiger partial charge in [0.1, 0.15) is 6.04 Å². The molecule has 1 N–H and O–H groups in total. The van der Waals surface area contributed by atoms with Crippen LogP contribution in [0, 0.1) is 0 Å². The van der Waals surface area contributed by atoms with E-state index in [1.165, 1.54) is 0 Å². The SMILES string of the molecule is CCNCc1cncn1C(C)C(=O)N1CCOCC1. The predicted molar refractivity (Wildman–Crippen MR) is 71.7 cm³/mol. The number of nitrogens with one attached hydrogen (secondary N) is 1. The summed E-state index contributed by atoms with van der Waals surface area (Å²) in [5.41, 5.74) is 1.04. The van der Waals surface area contributed by atoms with Crippen LogP contribution in [-0.2, 0) is 16.1 Å². The van der Waals surface area contributed by atoms with E-state index in [0.29, 0.717) is 26.3 Å². The fourth-order valence-electron chi connectivity index (χ4n) is 2.24. The molecule has 1 amide bonds. The van der Waals surface area contributed by atoms with Gasteiger partial charge in [0.2, 0.25) is 5.91 Å². The Morgan fingerprint density at radius 1 is 1.53 bits per heavy atom. The molecule has 1 aromatic rings. The molecule has 0 aromatic carbocycles. The Hall–Kier alpha value is -1.40. The lowest BCUT2D eigenvalue weighted by molar-refractivity contribution is -0.138. The average Bonchev–Trinajstić information content (AvgIpc) is 2.92. The van der Waals surface area contributed by atoms with Crippen molar-refractivity contribution < 1.29 is 9.53 Å². The van der Waals surface area contributed by atoms with Gasteiger partial charge in [-0.3, -0.25) is 4.79 Å². The molecule has 0 aliphatic carbocycles. The first-order chi connectivity index (χ1) is 9.24. The maximum atomic E-state index is 12.4. The first kappa shape index (κ1) is 14.0. The van der Waals surface area contributed by atoms with Crippen LogP contribution in [0.15, 0.2) is 12.5 Å². The molecule has 1 aromatic heterocycles. The van der Waals surface area contributed by atoms with Gasteiger partial charge in [-0.15, -0.1) is 0 Å². The van der Waals surface area contributed by atoms with Crippen molar-refractivity contribution in [3.05, 3.63) is 18.2 Å². The molecule has 1 saturated heterocycles. The standard InChI is InChI=1S/C13H22N4O2/c1-3-14-8-12-9-15-10-17(12)11(2)13(18)16-4-6-19-7-5-16/h9-11,14H,3-8H2,1-2H3. The Balaban J connectivity index is 2.03. The zero-order chi connectivity index (χ0) is 13.7. The van der Waals surface area contributed by atoms with Crippen LogP contribution < -0.4 is 5.32 Å². The number of rotatable bonds is 5. The smallest absolute Gasteiger partial charge is 0.245 e. The molecule has 1 fully saturated rings. The van der Waals surface area contributed by atoms with Gasteiger partial charge in [-0.25, -0.2) is 4.98 Å². The van der Waals surface area contributed by atoms with E-state index in [1.54, 1.807) is 6.33 Å². The van der Waals surface area contributed by atoms with E-state index in [0.717, 1.165) is 18.8 Å². The summed E-state index contributed by atoms with van der Waals surface area (Å²) in [7, 11) is 0. The highest BCUT2D eigenvalue weighted by molar-refractivity contribution is 5.80. The molecule has 2 rings (SSSR count). The van der Waals surface area contributed by atoms with Crippen molar-refractivity contribution in [3.8, 4) is 0 Å². The Bertz CT molecular complexity index is 413. The van der Waals surface area contributed by atoms with E-state index in [9.17, 15) is 4.79 Å². The molecule has 106 valence electrons. The largest absolute Gasteiger partial charge is 0.378 e. The van der Waals surface area contributed by atoms with Crippen molar-refractivity contribution >= 4 is 5.91 Å². The highest BCUT2D eigenvalue weighted by atomic mass is 16.5. The number of carbonyl (C=O) groups is 1. The summed E-state index contributed by atoms with van der Waals surface area (Å²) in [6, 6.07) is -0.214. The summed E-state index contributed by atoms with van der Waals surface area (Å²) < 4.78 is 7.22. The van der Waals surface area contributed by atoms with E-state index in [4.69, 9.17) is 4.74 Å². The van der Waals surface area contributed by atoms with Crippen molar-refractivity contribution in [1.82, 2.24) is 19.8 Å². The van der Waals surface area contributed by atoms with Gasteiger partial charge in [-0.2, -0.15) is 0 Å². The second-order valence-electron chi connectivity index (χ2n) is 4.69. The van der Waals surface area contributed by atoms with Gasteiger partial charge in [0.05, 0.1) is 25.2 Å². The molecule has 0 saturated carbocycles. The lowest BCUT2D eigenvalue weighted by Gasteiger charge is -2.30. The quantitative estimate of drug-likeness (QED) is 0.839.